The van der Waals surface area contributed by atoms with Crippen LogP contribution in [0, 0.1) is 0 Å². The molecule has 0 spiro atoms. The van der Waals surface area contributed by atoms with Gasteiger partial charge in [0.1, 0.15) is 17.5 Å². The molecule has 0 heterocycles. The molecule has 0 fully saturated rings. The van der Waals surface area contributed by atoms with Crippen molar-refractivity contribution < 1.29 is 9.53 Å². The van der Waals surface area contributed by atoms with Gasteiger partial charge in [-0.25, -0.2) is 0 Å². The maximum Gasteiger partial charge on any atom is 0.239 e. The lowest BCUT2D eigenvalue weighted by Gasteiger charge is -2.26. The molecule has 0 radical (unpaired) electrons. The molecule has 1 atom stereocenters. The van der Waals surface area contributed by atoms with Crippen molar-refractivity contribution in [2.75, 3.05) is 7.05 Å². The van der Waals surface area contributed by atoms with Crippen LogP contribution in [-0.2, 0) is 11.3 Å². The van der Waals surface area contributed by atoms with Crippen molar-refractivity contribution in [3.8, 4) is 11.5 Å². The highest BCUT2D eigenvalue weighted by Gasteiger charge is 2.22. The van der Waals surface area contributed by atoms with Gasteiger partial charge >= 0.3 is 0 Å². The maximum atomic E-state index is 11.9. The lowest BCUT2D eigenvalue weighted by Crippen LogP contribution is -2.34. The van der Waals surface area contributed by atoms with E-state index in [9.17, 15) is 4.79 Å². The Hall–Kier alpha value is -3.11. The molecule has 0 aliphatic heterocycles. The van der Waals surface area contributed by atoms with Gasteiger partial charge in [-0.3, -0.25) is 9.69 Å². The third kappa shape index (κ3) is 4.49. The molecular weight excluding hydrogens is 324 g/mol. The standard InChI is InChI=1S/C22H22N2O2/c1-24(21(22(23)25)18-8-4-2-5-9-18)16-17-12-14-20(15-13-17)26-19-10-6-3-7-11-19/h2-15,21H,16H2,1H3,(H2,23,25)/t21-/m1/s1. The average Bonchev–Trinajstić information content (AvgIpc) is 2.65. The maximum absolute atomic E-state index is 11.9. The predicted octanol–water partition coefficient (Wildman–Crippen LogP) is 4.14. The summed E-state index contributed by atoms with van der Waals surface area (Å²) in [5.74, 6) is 1.22. The van der Waals surface area contributed by atoms with Crippen LogP contribution in [0.5, 0.6) is 11.5 Å². The van der Waals surface area contributed by atoms with Crippen molar-refractivity contribution >= 4 is 5.91 Å². The summed E-state index contributed by atoms with van der Waals surface area (Å²) in [4.78, 5) is 13.9. The highest BCUT2D eigenvalue weighted by atomic mass is 16.5. The van der Waals surface area contributed by atoms with Crippen molar-refractivity contribution in [1.82, 2.24) is 4.90 Å². The number of primary amides is 1. The SMILES string of the molecule is CN(Cc1ccc(Oc2ccccc2)cc1)[C@@H](C(N)=O)c1ccccc1. The monoisotopic (exact) mass is 346 g/mol. The third-order valence-electron chi connectivity index (χ3n) is 4.16. The summed E-state index contributed by atoms with van der Waals surface area (Å²) >= 11 is 0. The van der Waals surface area contributed by atoms with Crippen LogP contribution in [0.15, 0.2) is 84.9 Å². The fourth-order valence-corrected chi connectivity index (χ4v) is 2.94. The number of nitrogens with zero attached hydrogens (tertiary/aromatic N) is 1. The van der Waals surface area contributed by atoms with Gasteiger partial charge in [-0.15, -0.1) is 0 Å². The van der Waals surface area contributed by atoms with Gasteiger partial charge in [-0.1, -0.05) is 60.7 Å². The van der Waals surface area contributed by atoms with Gasteiger partial charge in [0.15, 0.2) is 0 Å². The van der Waals surface area contributed by atoms with E-state index in [1.165, 1.54) is 0 Å². The second-order valence-corrected chi connectivity index (χ2v) is 6.19. The van der Waals surface area contributed by atoms with Gasteiger partial charge in [-0.05, 0) is 42.4 Å². The van der Waals surface area contributed by atoms with Crippen LogP contribution < -0.4 is 10.5 Å². The predicted molar refractivity (Wildman–Crippen MR) is 103 cm³/mol. The highest BCUT2D eigenvalue weighted by molar-refractivity contribution is 5.81. The average molecular weight is 346 g/mol. The summed E-state index contributed by atoms with van der Waals surface area (Å²) in [5, 5.41) is 0. The largest absolute Gasteiger partial charge is 0.457 e. The number of carbonyl (C=O) groups excluding carboxylic acids is 1. The fraction of sp³-hybridized carbons (Fsp3) is 0.136. The molecule has 26 heavy (non-hydrogen) atoms. The molecule has 0 aliphatic carbocycles. The van der Waals surface area contributed by atoms with Gasteiger partial charge in [-0.2, -0.15) is 0 Å². The number of rotatable bonds is 7. The second kappa shape index (κ2) is 8.32. The first-order valence-corrected chi connectivity index (χ1v) is 8.50. The van der Waals surface area contributed by atoms with Crippen molar-refractivity contribution in [3.05, 3.63) is 96.1 Å². The fourth-order valence-electron chi connectivity index (χ4n) is 2.94. The van der Waals surface area contributed by atoms with Gasteiger partial charge < -0.3 is 10.5 Å². The highest BCUT2D eigenvalue weighted by Crippen LogP contribution is 2.24. The van der Waals surface area contributed by atoms with E-state index in [1.54, 1.807) is 0 Å². The number of amides is 1. The lowest BCUT2D eigenvalue weighted by molar-refractivity contribution is -0.123. The van der Waals surface area contributed by atoms with Crippen molar-refractivity contribution in [1.29, 1.82) is 0 Å². The van der Waals surface area contributed by atoms with Crippen molar-refractivity contribution in [3.63, 3.8) is 0 Å². The summed E-state index contributed by atoms with van der Waals surface area (Å²) in [6.45, 7) is 0.605. The number of benzene rings is 3. The topological polar surface area (TPSA) is 55.6 Å². The molecule has 132 valence electrons. The van der Waals surface area contributed by atoms with Crippen LogP contribution in [0.2, 0.25) is 0 Å². The Kier molecular flexibility index (Phi) is 5.66. The number of likely N-dealkylation sites (N-methyl/N-ethyl adjacent to an activating group) is 1. The van der Waals surface area contributed by atoms with E-state index in [0.29, 0.717) is 6.54 Å². The third-order valence-corrected chi connectivity index (χ3v) is 4.16. The molecule has 4 nitrogen and oxygen atoms in total. The zero-order valence-corrected chi connectivity index (χ0v) is 14.7. The molecule has 3 aromatic carbocycles. The molecule has 1 amide bonds. The smallest absolute Gasteiger partial charge is 0.239 e. The Morgan fingerprint density at radius 2 is 1.42 bits per heavy atom. The number of hydrogen-bond acceptors (Lipinski definition) is 3. The van der Waals surface area contributed by atoms with Crippen LogP contribution >= 0.6 is 0 Å². The number of nitrogens with two attached hydrogens (primary N) is 1. The normalized spacial score (nSPS) is 11.9. The van der Waals surface area contributed by atoms with E-state index in [-0.39, 0.29) is 5.91 Å². The van der Waals surface area contributed by atoms with E-state index >= 15 is 0 Å². The summed E-state index contributed by atoms with van der Waals surface area (Å²) in [5.41, 5.74) is 7.61. The van der Waals surface area contributed by atoms with Crippen LogP contribution in [0.3, 0.4) is 0 Å². The van der Waals surface area contributed by atoms with Crippen LogP contribution in [0.4, 0.5) is 0 Å². The number of carbonyl (C=O) groups is 1. The minimum atomic E-state index is -0.462. The van der Waals surface area contributed by atoms with Gasteiger partial charge in [0.05, 0.1) is 0 Å². The zero-order valence-electron chi connectivity index (χ0n) is 14.7. The van der Waals surface area contributed by atoms with E-state index < -0.39 is 6.04 Å². The minimum absolute atomic E-state index is 0.359. The summed E-state index contributed by atoms with van der Waals surface area (Å²) in [6, 6.07) is 26.6. The molecule has 0 aromatic heterocycles. The van der Waals surface area contributed by atoms with Crippen LogP contribution in [0.1, 0.15) is 17.2 Å². The van der Waals surface area contributed by atoms with E-state index in [0.717, 1.165) is 22.6 Å². The number of hydrogen-bond donors (Lipinski definition) is 1. The number of ether oxygens (including phenoxy) is 1. The van der Waals surface area contributed by atoms with Crippen LogP contribution in [-0.4, -0.2) is 17.9 Å². The van der Waals surface area contributed by atoms with Crippen molar-refractivity contribution in [2.45, 2.75) is 12.6 Å². The Morgan fingerprint density at radius 1 is 0.885 bits per heavy atom. The van der Waals surface area contributed by atoms with Crippen molar-refractivity contribution in [2.24, 2.45) is 5.73 Å². The summed E-state index contributed by atoms with van der Waals surface area (Å²) in [7, 11) is 1.90. The number of para-hydroxylation sites is 1. The summed E-state index contributed by atoms with van der Waals surface area (Å²) < 4.78 is 5.81. The molecule has 4 heteroatoms. The molecule has 0 saturated heterocycles. The van der Waals surface area contributed by atoms with E-state index in [1.807, 2.05) is 96.9 Å². The van der Waals surface area contributed by atoms with E-state index in [4.69, 9.17) is 10.5 Å². The molecule has 2 N–H and O–H groups in total. The second-order valence-electron chi connectivity index (χ2n) is 6.19. The zero-order chi connectivity index (χ0) is 18.4. The molecule has 3 aromatic rings. The Bertz CT molecular complexity index is 833. The van der Waals surface area contributed by atoms with Gasteiger partial charge in [0.25, 0.3) is 0 Å². The van der Waals surface area contributed by atoms with Crippen LogP contribution in [0.25, 0.3) is 0 Å². The molecule has 0 aliphatic rings. The van der Waals surface area contributed by atoms with Gasteiger partial charge in [0, 0.05) is 6.54 Å². The Morgan fingerprint density at radius 3 is 2.00 bits per heavy atom. The Balaban J connectivity index is 1.68. The minimum Gasteiger partial charge on any atom is -0.457 e. The molecule has 0 bridgehead atoms. The van der Waals surface area contributed by atoms with Gasteiger partial charge in [0.2, 0.25) is 5.91 Å². The molecule has 0 unspecified atom stereocenters. The molecular formula is C22H22N2O2. The van der Waals surface area contributed by atoms with E-state index in [2.05, 4.69) is 0 Å². The first-order valence-electron chi connectivity index (χ1n) is 8.50. The Labute approximate surface area is 153 Å². The first kappa shape index (κ1) is 17.7. The quantitative estimate of drug-likeness (QED) is 0.699. The lowest BCUT2D eigenvalue weighted by atomic mass is 10.0. The molecule has 0 saturated carbocycles. The molecule has 3 rings (SSSR count). The first-order chi connectivity index (χ1) is 12.6. The summed E-state index contributed by atoms with van der Waals surface area (Å²) in [6.07, 6.45) is 0.